The monoisotopic (exact) mass is 992 g/mol. The smallest absolute Gasteiger partial charge is 0.233 e. The summed E-state index contributed by atoms with van der Waals surface area (Å²) in [6, 6.07) is 1.47. The van der Waals surface area contributed by atoms with E-state index < -0.39 is 0 Å². The molecule has 0 spiro atoms. The minimum Gasteiger partial charge on any atom is -0.341 e. The van der Waals surface area contributed by atoms with E-state index in [-0.39, 0.29) is 73.5 Å². The molecule has 1 aromatic rings. The predicted octanol–water partition coefficient (Wildman–Crippen LogP) is 9.96. The second-order valence-corrected chi connectivity index (χ2v) is 30.8. The summed E-state index contributed by atoms with van der Waals surface area (Å²) in [7, 11) is 18.7. The highest BCUT2D eigenvalue weighted by molar-refractivity contribution is 5.49. The maximum atomic E-state index is 5.94. The van der Waals surface area contributed by atoms with E-state index in [1.807, 2.05) is 0 Å². The number of hydrogen-bond acceptors (Lipinski definition) is 13. The lowest BCUT2D eigenvalue weighted by Gasteiger charge is -2.57. The van der Waals surface area contributed by atoms with Gasteiger partial charge in [-0.3, -0.25) is 34.3 Å². The van der Waals surface area contributed by atoms with Gasteiger partial charge in [-0.25, -0.2) is 0 Å². The molecule has 13 nitrogen and oxygen atoms in total. The van der Waals surface area contributed by atoms with Crippen molar-refractivity contribution in [3.8, 4) is 0 Å². The quantitative estimate of drug-likeness (QED) is 0.187. The van der Waals surface area contributed by atoms with Crippen LogP contribution in [0.15, 0.2) is 0 Å². The first-order valence-corrected chi connectivity index (χ1v) is 28.0. The van der Waals surface area contributed by atoms with Gasteiger partial charge in [0.05, 0.1) is 13.3 Å². The van der Waals surface area contributed by atoms with Crippen LogP contribution in [0.2, 0.25) is 0 Å². The van der Waals surface area contributed by atoms with Gasteiger partial charge in [0, 0.05) is 92.6 Å². The van der Waals surface area contributed by atoms with E-state index in [4.69, 9.17) is 15.0 Å². The van der Waals surface area contributed by atoms with Crippen molar-refractivity contribution >= 4 is 17.8 Å². The fraction of sp³-hybridized carbons (Fsp3) is 0.948. The van der Waals surface area contributed by atoms with Crippen LogP contribution in [0.25, 0.3) is 0 Å². The minimum absolute atomic E-state index is 0.00464. The first-order chi connectivity index (χ1) is 31.9. The highest BCUT2D eigenvalue weighted by Crippen LogP contribution is 2.46. The molecule has 5 aliphatic rings. The summed E-state index contributed by atoms with van der Waals surface area (Å²) in [4.78, 5) is 43.7. The second kappa shape index (κ2) is 19.0. The number of rotatable bonds is 12. The van der Waals surface area contributed by atoms with Gasteiger partial charge in [-0.2, -0.15) is 15.0 Å². The van der Waals surface area contributed by atoms with Gasteiger partial charge in [0.1, 0.15) is 0 Å². The molecule has 410 valence electrons. The van der Waals surface area contributed by atoms with Gasteiger partial charge in [0.2, 0.25) is 17.8 Å². The molecule has 0 aliphatic carbocycles. The van der Waals surface area contributed by atoms with E-state index >= 15 is 0 Å². The molecule has 1 aromatic heterocycles. The molecule has 0 N–H and O–H groups in total. The van der Waals surface area contributed by atoms with Gasteiger partial charge < -0.3 is 14.7 Å². The predicted molar refractivity (Wildman–Crippen MR) is 303 cm³/mol. The summed E-state index contributed by atoms with van der Waals surface area (Å²) >= 11 is 0. The summed E-state index contributed by atoms with van der Waals surface area (Å²) in [6.07, 6.45) is 10.5. The third-order valence-corrected chi connectivity index (χ3v) is 21.3. The van der Waals surface area contributed by atoms with Crippen LogP contribution >= 0.6 is 0 Å². The molecule has 6 heterocycles. The molecule has 5 saturated heterocycles. The van der Waals surface area contributed by atoms with Crippen molar-refractivity contribution in [2.75, 3.05) is 84.4 Å². The van der Waals surface area contributed by atoms with E-state index in [9.17, 15) is 0 Å². The summed E-state index contributed by atoms with van der Waals surface area (Å²) in [6.45, 7) is 50.2. The summed E-state index contributed by atoms with van der Waals surface area (Å²) in [5.74, 6) is 2.44. The zero-order valence-electron chi connectivity index (χ0n) is 51.7. The van der Waals surface area contributed by atoms with Crippen LogP contribution in [0.3, 0.4) is 0 Å². The summed E-state index contributed by atoms with van der Waals surface area (Å²) in [5, 5.41) is 0. The van der Waals surface area contributed by atoms with E-state index in [1.54, 1.807) is 0 Å². The van der Waals surface area contributed by atoms with Crippen molar-refractivity contribution in [2.24, 2.45) is 0 Å². The number of piperidine rings is 5. The number of likely N-dealkylation sites (tertiary alicyclic amines) is 5. The Morgan fingerprint density at radius 1 is 0.310 bits per heavy atom. The zero-order chi connectivity index (χ0) is 54.0. The van der Waals surface area contributed by atoms with Crippen LogP contribution in [-0.4, -0.2) is 205 Å². The van der Waals surface area contributed by atoms with Crippen LogP contribution in [-0.2, 0) is 0 Å². The molecule has 0 bridgehead atoms. The van der Waals surface area contributed by atoms with Crippen molar-refractivity contribution in [2.45, 2.75) is 288 Å². The third-order valence-electron chi connectivity index (χ3n) is 21.3. The molecule has 0 saturated carbocycles. The third kappa shape index (κ3) is 11.6. The van der Waals surface area contributed by atoms with Crippen molar-refractivity contribution < 1.29 is 0 Å². The Balaban J connectivity index is 1.58. The molecule has 0 radical (unpaired) electrons. The molecule has 6 rings (SSSR count). The van der Waals surface area contributed by atoms with E-state index in [2.05, 4.69) is 244 Å². The molecular weight excluding hydrogens is 879 g/mol. The van der Waals surface area contributed by atoms with Crippen molar-refractivity contribution in [1.29, 1.82) is 0 Å². The molecule has 0 amide bonds. The average Bonchev–Trinajstić information content (AvgIpc) is 3.21. The van der Waals surface area contributed by atoms with Gasteiger partial charge in [-0.15, -0.1) is 0 Å². The van der Waals surface area contributed by atoms with E-state index in [1.165, 1.54) is 0 Å². The van der Waals surface area contributed by atoms with Crippen LogP contribution in [0.1, 0.15) is 203 Å². The standard InChI is InChI=1S/C58H113N13/c1-49(2)29-41(30-50(3,4)65(49)24)62(21)39-70(44-35-55(13,14)68(27)56(15,16)36-44)47-59-46(64(23)43-33-53(9,10)67(26)54(11,12)34-43)60-48(61-47)71(45-37-57(17,18)69(28)58(19,20)38-45)40-63(22)42-31-51(5,6)66(25)52(7,8)32-42/h41-45H,29-40H2,1-28H3. The fourth-order valence-corrected chi connectivity index (χ4v) is 15.2. The normalized spacial score (nSPS) is 28.6. The Labute approximate surface area is 438 Å². The van der Waals surface area contributed by atoms with Crippen molar-refractivity contribution in [3.05, 3.63) is 0 Å². The maximum Gasteiger partial charge on any atom is 0.233 e. The second-order valence-electron chi connectivity index (χ2n) is 30.8. The Kier molecular flexibility index (Phi) is 15.6. The van der Waals surface area contributed by atoms with Gasteiger partial charge in [0.25, 0.3) is 0 Å². The minimum atomic E-state index is -0.0306. The van der Waals surface area contributed by atoms with Crippen LogP contribution in [0.5, 0.6) is 0 Å². The van der Waals surface area contributed by atoms with Gasteiger partial charge in [-0.05, 0) is 252 Å². The number of hydrogen-bond donors (Lipinski definition) is 0. The van der Waals surface area contributed by atoms with E-state index in [0.29, 0.717) is 12.1 Å². The first-order valence-electron chi connectivity index (χ1n) is 28.0. The lowest BCUT2D eigenvalue weighted by atomic mass is 9.76. The van der Waals surface area contributed by atoms with Gasteiger partial charge >= 0.3 is 0 Å². The summed E-state index contributed by atoms with van der Waals surface area (Å²) < 4.78 is 0. The Morgan fingerprint density at radius 2 is 0.493 bits per heavy atom. The van der Waals surface area contributed by atoms with Crippen molar-refractivity contribution in [3.63, 3.8) is 0 Å². The average molecular weight is 993 g/mol. The van der Waals surface area contributed by atoms with Gasteiger partial charge in [-0.1, -0.05) is 0 Å². The topological polar surface area (TPSA) is 71.1 Å². The molecular formula is C58H113N13. The van der Waals surface area contributed by atoms with E-state index in [0.717, 1.165) is 95.4 Å². The number of anilines is 3. The highest BCUT2D eigenvalue weighted by Gasteiger charge is 2.51. The Bertz CT molecular complexity index is 1810. The fourth-order valence-electron chi connectivity index (χ4n) is 15.2. The molecule has 0 aromatic carbocycles. The molecule has 0 unspecified atom stereocenters. The van der Waals surface area contributed by atoms with Crippen molar-refractivity contribution in [1.82, 2.24) is 49.3 Å². The first kappa shape index (κ1) is 58.4. The van der Waals surface area contributed by atoms with Crippen LogP contribution < -0.4 is 14.7 Å². The molecule has 5 fully saturated rings. The highest BCUT2D eigenvalue weighted by atomic mass is 15.5. The molecule has 5 aliphatic heterocycles. The molecule has 0 atom stereocenters. The Morgan fingerprint density at radius 3 is 0.718 bits per heavy atom. The maximum absolute atomic E-state index is 5.94. The largest absolute Gasteiger partial charge is 0.341 e. The number of nitrogens with zero attached hydrogens (tertiary/aromatic N) is 13. The molecule has 13 heteroatoms. The lowest BCUT2D eigenvalue weighted by molar-refractivity contribution is -0.0451. The SMILES string of the molecule is CN(CN(c1nc(N(C)C2CC(C)(C)N(C)C(C)(C)C2)nc(N(CN(C)C2CC(C)(C)N(C)C(C)(C)C2)C2CC(C)(C)N(C)C(C)(C)C2)n1)C1CC(C)(C)N(C)C(C)(C)C1)C1CC(C)(C)N(C)C(C)(C)C1. The zero-order valence-corrected chi connectivity index (χ0v) is 51.7. The molecule has 71 heavy (non-hydrogen) atoms. The van der Waals surface area contributed by atoms with Crippen LogP contribution in [0.4, 0.5) is 17.8 Å². The Hall–Kier alpha value is -1.87. The summed E-state index contributed by atoms with van der Waals surface area (Å²) in [5.41, 5.74) is 0.146. The van der Waals surface area contributed by atoms with Crippen LogP contribution in [0, 0.1) is 0 Å². The lowest BCUT2D eigenvalue weighted by Crippen LogP contribution is -2.65. The number of aromatic nitrogens is 3. The van der Waals surface area contributed by atoms with Gasteiger partial charge in [0.15, 0.2) is 0 Å².